The Morgan fingerprint density at radius 1 is 1.08 bits per heavy atom. The molecule has 0 amide bonds. The van der Waals surface area contributed by atoms with E-state index in [1.54, 1.807) is 24.3 Å². The van der Waals surface area contributed by atoms with Crippen molar-refractivity contribution in [1.82, 2.24) is 14.5 Å². The lowest BCUT2D eigenvalue weighted by molar-refractivity contribution is 0.571. The zero-order valence-corrected chi connectivity index (χ0v) is 15.4. The zero-order chi connectivity index (χ0) is 18.3. The van der Waals surface area contributed by atoms with Gasteiger partial charge in [-0.05, 0) is 30.3 Å². The van der Waals surface area contributed by atoms with E-state index in [-0.39, 0.29) is 12.1 Å². The zero-order valence-electron chi connectivity index (χ0n) is 13.1. The molecule has 5 nitrogen and oxygen atoms in total. The molecule has 0 spiro atoms. The van der Waals surface area contributed by atoms with Crippen molar-refractivity contribution >= 4 is 45.7 Å². The van der Waals surface area contributed by atoms with Crippen LogP contribution in [0, 0.1) is 0 Å². The number of rotatable bonds is 3. The van der Waals surface area contributed by atoms with Gasteiger partial charge in [0.25, 0.3) is 5.56 Å². The molecule has 0 aliphatic carbocycles. The van der Waals surface area contributed by atoms with Crippen molar-refractivity contribution in [2.24, 2.45) is 0 Å². The second-order valence-electron chi connectivity index (χ2n) is 5.62. The number of oxazole rings is 1. The van der Waals surface area contributed by atoms with E-state index in [4.69, 9.17) is 39.2 Å². The first-order valence-electron chi connectivity index (χ1n) is 7.56. The molecule has 0 fully saturated rings. The molecule has 0 aliphatic heterocycles. The monoisotopic (exact) mass is 405 g/mol. The third kappa shape index (κ3) is 3.21. The van der Waals surface area contributed by atoms with Crippen LogP contribution in [0.2, 0.25) is 15.1 Å². The number of halogens is 3. The van der Waals surface area contributed by atoms with Crippen molar-refractivity contribution in [1.29, 1.82) is 0 Å². The summed E-state index contributed by atoms with van der Waals surface area (Å²) in [6.45, 7) is 0.204. The van der Waals surface area contributed by atoms with Crippen LogP contribution in [0.15, 0.2) is 58.2 Å². The molecule has 2 aromatic carbocycles. The van der Waals surface area contributed by atoms with Crippen LogP contribution < -0.4 is 5.56 Å². The maximum Gasteiger partial charge on any atom is 0.261 e. The van der Waals surface area contributed by atoms with Gasteiger partial charge in [-0.15, -0.1) is 0 Å². The number of hydrogen-bond acceptors (Lipinski definition) is 4. The third-order valence-corrected chi connectivity index (χ3v) is 4.54. The summed E-state index contributed by atoms with van der Waals surface area (Å²) < 4.78 is 6.92. The summed E-state index contributed by atoms with van der Waals surface area (Å²) in [6.07, 6.45) is 2.93. The van der Waals surface area contributed by atoms with Gasteiger partial charge in [-0.1, -0.05) is 40.9 Å². The van der Waals surface area contributed by atoms with E-state index < -0.39 is 0 Å². The Kier molecular flexibility index (Phi) is 4.44. The van der Waals surface area contributed by atoms with Crippen molar-refractivity contribution in [2.45, 2.75) is 6.54 Å². The molecule has 0 saturated carbocycles. The minimum absolute atomic E-state index is 0.204. The minimum atomic E-state index is -0.258. The van der Waals surface area contributed by atoms with Crippen LogP contribution >= 0.6 is 34.8 Å². The van der Waals surface area contributed by atoms with Crippen molar-refractivity contribution in [3.8, 4) is 11.5 Å². The van der Waals surface area contributed by atoms with E-state index in [2.05, 4.69) is 9.97 Å². The second-order valence-corrected chi connectivity index (χ2v) is 6.90. The Bertz CT molecular complexity index is 1180. The van der Waals surface area contributed by atoms with E-state index in [1.807, 2.05) is 12.1 Å². The SMILES string of the molecule is O=c1c2cc(Cl)cc(Cl)c2ncn1Cc1coc(-c2cccc(Cl)c2)n1. The smallest absolute Gasteiger partial charge is 0.261 e. The van der Waals surface area contributed by atoms with Crippen LogP contribution in [0.25, 0.3) is 22.4 Å². The molecule has 2 aromatic heterocycles. The molecule has 130 valence electrons. The number of hydrogen-bond donors (Lipinski definition) is 0. The van der Waals surface area contributed by atoms with Crippen molar-refractivity contribution in [3.05, 3.63) is 80.1 Å². The van der Waals surface area contributed by atoms with Gasteiger partial charge in [-0.2, -0.15) is 0 Å². The molecule has 0 bridgehead atoms. The highest BCUT2D eigenvalue weighted by Gasteiger charge is 2.12. The van der Waals surface area contributed by atoms with Crippen molar-refractivity contribution in [3.63, 3.8) is 0 Å². The summed E-state index contributed by atoms with van der Waals surface area (Å²) in [7, 11) is 0. The van der Waals surface area contributed by atoms with Gasteiger partial charge in [-0.3, -0.25) is 9.36 Å². The Hall–Kier alpha value is -2.34. The van der Waals surface area contributed by atoms with E-state index in [0.717, 1.165) is 5.56 Å². The lowest BCUT2D eigenvalue weighted by Crippen LogP contribution is -2.21. The standard InChI is InChI=1S/C18H10Cl3N3O2/c19-11-3-1-2-10(4-11)17-23-13(8-26-17)7-24-9-22-16-14(18(24)25)5-12(20)6-15(16)21/h1-6,8-9H,7H2. The summed E-state index contributed by atoms with van der Waals surface area (Å²) in [5.74, 6) is 0.426. The summed E-state index contributed by atoms with van der Waals surface area (Å²) in [5, 5.41) is 1.65. The van der Waals surface area contributed by atoms with Gasteiger partial charge in [0, 0.05) is 15.6 Å². The molecule has 4 rings (SSSR count). The maximum absolute atomic E-state index is 12.7. The largest absolute Gasteiger partial charge is 0.444 e. The number of benzene rings is 2. The Morgan fingerprint density at radius 2 is 1.92 bits per heavy atom. The third-order valence-electron chi connectivity index (χ3n) is 3.80. The first kappa shape index (κ1) is 17.1. The molecule has 8 heteroatoms. The first-order valence-corrected chi connectivity index (χ1v) is 8.69. The highest BCUT2D eigenvalue weighted by molar-refractivity contribution is 6.38. The van der Waals surface area contributed by atoms with Crippen LogP contribution in [0.4, 0.5) is 0 Å². The fraction of sp³-hybridized carbons (Fsp3) is 0.0556. The van der Waals surface area contributed by atoms with Crippen LogP contribution in [0.5, 0.6) is 0 Å². The fourth-order valence-electron chi connectivity index (χ4n) is 2.62. The van der Waals surface area contributed by atoms with Gasteiger partial charge >= 0.3 is 0 Å². The predicted octanol–water partition coefficient (Wildman–Crippen LogP) is 5.06. The topological polar surface area (TPSA) is 60.9 Å². The molecule has 0 aliphatic rings. The van der Waals surface area contributed by atoms with Gasteiger partial charge in [0.15, 0.2) is 0 Å². The first-order chi connectivity index (χ1) is 12.5. The molecule has 0 atom stereocenters. The normalized spacial score (nSPS) is 11.2. The molecule has 0 radical (unpaired) electrons. The molecular weight excluding hydrogens is 397 g/mol. The van der Waals surface area contributed by atoms with Crippen molar-refractivity contribution < 1.29 is 4.42 Å². The number of aromatic nitrogens is 3. The average Bonchev–Trinajstić information content (AvgIpc) is 3.06. The summed E-state index contributed by atoms with van der Waals surface area (Å²) >= 11 is 18.1. The maximum atomic E-state index is 12.7. The summed E-state index contributed by atoms with van der Waals surface area (Å²) in [4.78, 5) is 21.3. The summed E-state index contributed by atoms with van der Waals surface area (Å²) in [6, 6.07) is 10.3. The van der Waals surface area contributed by atoms with E-state index in [0.29, 0.717) is 37.6 Å². The van der Waals surface area contributed by atoms with E-state index >= 15 is 0 Å². The highest BCUT2D eigenvalue weighted by Crippen LogP contribution is 2.25. The van der Waals surface area contributed by atoms with Crippen molar-refractivity contribution in [2.75, 3.05) is 0 Å². The Morgan fingerprint density at radius 3 is 2.73 bits per heavy atom. The fourth-order valence-corrected chi connectivity index (χ4v) is 3.35. The van der Waals surface area contributed by atoms with Crippen LogP contribution in [0.1, 0.15) is 5.69 Å². The lowest BCUT2D eigenvalue weighted by atomic mass is 10.2. The number of fused-ring (bicyclic) bond motifs is 1. The van der Waals surface area contributed by atoms with Gasteiger partial charge in [-0.25, -0.2) is 9.97 Å². The summed E-state index contributed by atoms with van der Waals surface area (Å²) in [5.41, 5.74) is 1.49. The molecular formula is C18H10Cl3N3O2. The lowest BCUT2D eigenvalue weighted by Gasteiger charge is -2.06. The molecule has 0 saturated heterocycles. The van der Waals surface area contributed by atoms with E-state index in [1.165, 1.54) is 17.2 Å². The average molecular weight is 407 g/mol. The highest BCUT2D eigenvalue weighted by atomic mass is 35.5. The molecule has 2 heterocycles. The van der Waals surface area contributed by atoms with Gasteiger partial charge < -0.3 is 4.42 Å². The molecule has 26 heavy (non-hydrogen) atoms. The molecule has 0 unspecified atom stereocenters. The van der Waals surface area contributed by atoms with Crippen LogP contribution in [-0.2, 0) is 6.54 Å². The van der Waals surface area contributed by atoms with Crippen LogP contribution in [0.3, 0.4) is 0 Å². The van der Waals surface area contributed by atoms with Gasteiger partial charge in [0.1, 0.15) is 6.26 Å². The van der Waals surface area contributed by atoms with Gasteiger partial charge in [0.2, 0.25) is 5.89 Å². The second kappa shape index (κ2) is 6.76. The molecule has 0 N–H and O–H groups in total. The number of nitrogens with zero attached hydrogens (tertiary/aromatic N) is 3. The Labute approximate surface area is 162 Å². The predicted molar refractivity (Wildman–Crippen MR) is 102 cm³/mol. The van der Waals surface area contributed by atoms with Crippen LogP contribution in [-0.4, -0.2) is 14.5 Å². The quantitative estimate of drug-likeness (QED) is 0.477. The van der Waals surface area contributed by atoms with Gasteiger partial charge in [0.05, 0.1) is 34.5 Å². The molecule has 4 aromatic rings. The minimum Gasteiger partial charge on any atom is -0.444 e. The Balaban J connectivity index is 1.70. The van der Waals surface area contributed by atoms with E-state index in [9.17, 15) is 4.79 Å².